The fraction of sp³-hybridized carbons (Fsp3) is 0.484. The van der Waals surface area contributed by atoms with Gasteiger partial charge in [0.25, 0.3) is 5.91 Å². The minimum atomic E-state index is -1.31. The number of ether oxygens (including phenoxy) is 1. The summed E-state index contributed by atoms with van der Waals surface area (Å²) in [6, 6.07) is 10.7. The van der Waals surface area contributed by atoms with Gasteiger partial charge in [-0.2, -0.15) is 0 Å². The van der Waals surface area contributed by atoms with Crippen LogP contribution in [-0.4, -0.2) is 53.8 Å². The minimum absolute atomic E-state index is 0.0466. The van der Waals surface area contributed by atoms with Gasteiger partial charge in [-0.3, -0.25) is 9.59 Å². The number of carboxylic acid groups (broad SMARTS) is 1. The Morgan fingerprint density at radius 3 is 2.37 bits per heavy atom. The predicted molar refractivity (Wildman–Crippen MR) is 155 cm³/mol. The molecule has 5 aliphatic rings. The van der Waals surface area contributed by atoms with Crippen LogP contribution in [0, 0.1) is 11.2 Å². The summed E-state index contributed by atoms with van der Waals surface area (Å²) in [5.41, 5.74) is -1.74. The van der Waals surface area contributed by atoms with E-state index in [9.17, 15) is 24.3 Å². The molecule has 1 spiro atoms. The van der Waals surface area contributed by atoms with Gasteiger partial charge < -0.3 is 25.8 Å². The topological polar surface area (TPSA) is 137 Å². The number of imide groups is 1. The van der Waals surface area contributed by atoms with Gasteiger partial charge in [-0.1, -0.05) is 41.9 Å². The van der Waals surface area contributed by atoms with Crippen molar-refractivity contribution in [3.63, 3.8) is 0 Å². The molecule has 0 unspecified atom stereocenters. The van der Waals surface area contributed by atoms with E-state index < -0.39 is 46.5 Å². The van der Waals surface area contributed by atoms with E-state index in [0.717, 1.165) is 10.5 Å². The third-order valence-electron chi connectivity index (χ3n) is 9.79. The number of hydrogen-bond acceptors (Lipinski definition) is 6. The van der Waals surface area contributed by atoms with Crippen LogP contribution >= 0.6 is 11.6 Å². The second-order valence-corrected chi connectivity index (χ2v) is 12.7. The monoisotopic (exact) mass is 612 g/mol. The van der Waals surface area contributed by atoms with Crippen LogP contribution in [0.4, 0.5) is 19.7 Å². The summed E-state index contributed by atoms with van der Waals surface area (Å²) >= 11 is 6.18. The molecular weight excluding hydrogens is 579 g/mol. The largest absolute Gasteiger partial charge is 0.465 e. The summed E-state index contributed by atoms with van der Waals surface area (Å²) < 4.78 is 21.5. The van der Waals surface area contributed by atoms with E-state index in [2.05, 4.69) is 16.0 Å². The van der Waals surface area contributed by atoms with Gasteiger partial charge in [0.1, 0.15) is 6.04 Å². The van der Waals surface area contributed by atoms with Crippen molar-refractivity contribution in [1.29, 1.82) is 0 Å². The molecule has 2 bridgehead atoms. The number of fused-ring (bicyclic) bond motifs is 5. The average molecular weight is 613 g/mol. The number of carbonyl (C=O) groups is 4. The first-order valence-corrected chi connectivity index (χ1v) is 15.1. The molecule has 2 heterocycles. The van der Waals surface area contributed by atoms with Crippen LogP contribution in [0.15, 0.2) is 42.5 Å². The zero-order chi connectivity index (χ0) is 30.4. The van der Waals surface area contributed by atoms with Crippen LogP contribution in [0.25, 0.3) is 0 Å². The van der Waals surface area contributed by atoms with Crippen LogP contribution in [0.5, 0.6) is 0 Å². The number of nitrogens with one attached hydrogen (secondary N) is 3. The fourth-order valence-corrected chi connectivity index (χ4v) is 7.52. The third kappa shape index (κ3) is 5.22. The summed E-state index contributed by atoms with van der Waals surface area (Å²) in [5.74, 6) is -1.81. The minimum Gasteiger partial charge on any atom is -0.465 e. The molecule has 2 aromatic carbocycles. The summed E-state index contributed by atoms with van der Waals surface area (Å²) in [5, 5.41) is 17.9. The smallest absolute Gasteiger partial charge is 0.422 e. The lowest BCUT2D eigenvalue weighted by molar-refractivity contribution is -0.141. The first kappa shape index (κ1) is 29.4. The molecule has 0 aromatic heterocycles. The maximum Gasteiger partial charge on any atom is 0.422 e. The highest BCUT2D eigenvalue weighted by atomic mass is 35.5. The normalized spacial score (nSPS) is 28.5. The summed E-state index contributed by atoms with van der Waals surface area (Å²) in [4.78, 5) is 54.0. The zero-order valence-electron chi connectivity index (χ0n) is 23.6. The predicted octanol–water partition coefficient (Wildman–Crippen LogP) is 4.63. The molecule has 3 saturated carbocycles. The van der Waals surface area contributed by atoms with E-state index in [0.29, 0.717) is 57.9 Å². The second kappa shape index (κ2) is 11.1. The number of piperidine rings is 1. The molecule has 43 heavy (non-hydrogen) atoms. The SMILES string of the molecule is O=C(O)NC12CCC(C(=O)N[C@@H](Cc3ccccc3)C(=O)N3C(=O)O[C@]4(CCCNC4)c4c3ccc(Cl)c4F)(CC1)CC2. The van der Waals surface area contributed by atoms with Crippen molar-refractivity contribution in [2.75, 3.05) is 18.0 Å². The van der Waals surface area contributed by atoms with Crippen LogP contribution in [-0.2, 0) is 26.3 Å². The Bertz CT molecular complexity index is 1440. The van der Waals surface area contributed by atoms with Gasteiger partial charge >= 0.3 is 12.2 Å². The van der Waals surface area contributed by atoms with Crippen molar-refractivity contribution in [3.05, 3.63) is 64.4 Å². The molecule has 2 aliphatic heterocycles. The number of benzene rings is 2. The van der Waals surface area contributed by atoms with Crippen molar-refractivity contribution >= 4 is 41.3 Å². The Hall–Kier alpha value is -3.70. The second-order valence-electron chi connectivity index (χ2n) is 12.3. The number of anilines is 1. The maximum atomic E-state index is 15.7. The lowest BCUT2D eigenvalue weighted by Crippen LogP contribution is -2.62. The number of hydrogen-bond donors (Lipinski definition) is 4. The van der Waals surface area contributed by atoms with Gasteiger partial charge in [-0.25, -0.2) is 18.9 Å². The van der Waals surface area contributed by atoms with E-state index in [1.54, 1.807) is 0 Å². The molecule has 4 fully saturated rings. The Labute approximate surface area is 253 Å². The summed E-state index contributed by atoms with van der Waals surface area (Å²) in [6.07, 6.45) is 2.04. The molecule has 2 aromatic rings. The number of amides is 4. The first-order valence-electron chi connectivity index (χ1n) is 14.7. The molecule has 7 rings (SSSR count). The van der Waals surface area contributed by atoms with Gasteiger partial charge in [0, 0.05) is 23.9 Å². The highest BCUT2D eigenvalue weighted by Crippen LogP contribution is 2.52. The molecule has 10 nitrogen and oxygen atoms in total. The van der Waals surface area contributed by atoms with E-state index >= 15 is 4.39 Å². The van der Waals surface area contributed by atoms with Crippen molar-refractivity contribution in [3.8, 4) is 0 Å². The van der Waals surface area contributed by atoms with Crippen LogP contribution in [0.3, 0.4) is 0 Å². The molecular formula is C31H34ClFN4O6. The van der Waals surface area contributed by atoms with E-state index in [1.807, 2.05) is 30.3 Å². The van der Waals surface area contributed by atoms with Crippen molar-refractivity contribution < 1.29 is 33.4 Å². The summed E-state index contributed by atoms with van der Waals surface area (Å²) in [6.45, 7) is 0.857. The molecule has 4 amide bonds. The van der Waals surface area contributed by atoms with Crippen molar-refractivity contribution in [2.45, 2.75) is 75.0 Å². The highest BCUT2D eigenvalue weighted by molar-refractivity contribution is 6.31. The number of halogens is 2. The average Bonchev–Trinajstić information content (AvgIpc) is 2.99. The third-order valence-corrected chi connectivity index (χ3v) is 10.1. The number of carbonyl (C=O) groups excluding carboxylic acids is 3. The quantitative estimate of drug-likeness (QED) is 0.373. The first-order chi connectivity index (χ1) is 20.6. The zero-order valence-corrected chi connectivity index (χ0v) is 24.3. The number of rotatable bonds is 6. The molecule has 4 N–H and O–H groups in total. The van der Waals surface area contributed by atoms with Gasteiger partial charge in [0.2, 0.25) is 5.91 Å². The van der Waals surface area contributed by atoms with Gasteiger partial charge in [-0.05, 0) is 75.6 Å². The fourth-order valence-electron chi connectivity index (χ4n) is 7.37. The molecule has 2 atom stereocenters. The molecule has 1 saturated heterocycles. The summed E-state index contributed by atoms with van der Waals surface area (Å²) in [7, 11) is 0. The molecule has 3 aliphatic carbocycles. The standard InChI is InChI=1S/C31H34ClFN4O6/c32-20-7-8-22-23(24(20)33)31(9-4-16-34-18-31)43-28(42)37(22)25(38)21(17-19-5-2-1-3-6-19)35-26(39)29-10-13-30(14-11-29,15-12-29)36-27(40)41/h1-3,5-8,21,34,36H,4,9-18H2,(H,35,39)(H,40,41)/t21-,29?,30?,31-/m0/s1. The lowest BCUT2D eigenvalue weighted by atomic mass is 9.57. The molecule has 0 radical (unpaired) electrons. The van der Waals surface area contributed by atoms with Crippen LogP contribution < -0.4 is 20.9 Å². The van der Waals surface area contributed by atoms with Crippen LogP contribution in [0.1, 0.15) is 62.5 Å². The Balaban J connectivity index is 1.32. The van der Waals surface area contributed by atoms with E-state index in [1.165, 1.54) is 12.1 Å². The van der Waals surface area contributed by atoms with Crippen LogP contribution in [0.2, 0.25) is 5.02 Å². The van der Waals surface area contributed by atoms with Crippen molar-refractivity contribution in [1.82, 2.24) is 16.0 Å². The Morgan fingerprint density at radius 1 is 1.05 bits per heavy atom. The molecule has 12 heteroatoms. The van der Waals surface area contributed by atoms with Gasteiger partial charge in [0.15, 0.2) is 11.4 Å². The molecule has 228 valence electrons. The van der Waals surface area contributed by atoms with Gasteiger partial charge in [-0.15, -0.1) is 0 Å². The Kier molecular flexibility index (Phi) is 7.58. The maximum absolute atomic E-state index is 15.7. The van der Waals surface area contributed by atoms with Gasteiger partial charge in [0.05, 0.1) is 16.3 Å². The Morgan fingerprint density at radius 2 is 1.74 bits per heavy atom. The van der Waals surface area contributed by atoms with Crippen molar-refractivity contribution in [2.24, 2.45) is 5.41 Å². The number of nitrogens with zero attached hydrogens (tertiary/aromatic N) is 1. The van der Waals surface area contributed by atoms with E-state index in [4.69, 9.17) is 16.3 Å². The highest BCUT2D eigenvalue weighted by Gasteiger charge is 2.54. The van der Waals surface area contributed by atoms with E-state index in [-0.39, 0.29) is 35.1 Å². The lowest BCUT2D eigenvalue weighted by Gasteiger charge is -2.52.